The second kappa shape index (κ2) is 7.66. The van der Waals surface area contributed by atoms with Crippen LogP contribution in [0.2, 0.25) is 0 Å². The van der Waals surface area contributed by atoms with Crippen LogP contribution in [0, 0.1) is 0 Å². The Morgan fingerprint density at radius 2 is 2.12 bits per heavy atom. The van der Waals surface area contributed by atoms with Gasteiger partial charge in [0.1, 0.15) is 12.3 Å². The highest BCUT2D eigenvalue weighted by Gasteiger charge is 2.13. The zero-order valence-corrected chi connectivity index (χ0v) is 13.7. The van der Waals surface area contributed by atoms with Crippen LogP contribution in [0.15, 0.2) is 41.8 Å². The summed E-state index contributed by atoms with van der Waals surface area (Å²) in [5.41, 5.74) is 3.30. The standard InChI is InChI=1S/C15H15N5O3S/c1-22-12-6-4-11(5-7-12)10-23-17-14(21)9-20-15(16-18-19-20)13-3-2-8-24-13/h2-8H,9-10H2,1H3,(H,17,21). The minimum absolute atomic E-state index is 0.0250. The Kier molecular flexibility index (Phi) is 5.14. The van der Waals surface area contributed by atoms with E-state index < -0.39 is 0 Å². The van der Waals surface area contributed by atoms with Crippen molar-refractivity contribution in [3.05, 3.63) is 47.3 Å². The van der Waals surface area contributed by atoms with Gasteiger partial charge in [0, 0.05) is 0 Å². The predicted molar refractivity (Wildman–Crippen MR) is 87.1 cm³/mol. The number of nitrogens with zero attached hydrogens (tertiary/aromatic N) is 4. The molecule has 124 valence electrons. The van der Waals surface area contributed by atoms with Crippen molar-refractivity contribution in [2.24, 2.45) is 0 Å². The molecule has 0 saturated carbocycles. The molecule has 0 saturated heterocycles. The van der Waals surface area contributed by atoms with Crippen molar-refractivity contribution < 1.29 is 14.4 Å². The van der Waals surface area contributed by atoms with Gasteiger partial charge in [-0.25, -0.2) is 10.2 Å². The Morgan fingerprint density at radius 1 is 1.29 bits per heavy atom. The largest absolute Gasteiger partial charge is 0.497 e. The van der Waals surface area contributed by atoms with Gasteiger partial charge in [0.05, 0.1) is 18.6 Å². The first kappa shape index (κ1) is 16.1. The monoisotopic (exact) mass is 345 g/mol. The van der Waals surface area contributed by atoms with E-state index in [0.717, 1.165) is 16.2 Å². The van der Waals surface area contributed by atoms with Gasteiger partial charge < -0.3 is 4.74 Å². The van der Waals surface area contributed by atoms with Gasteiger partial charge in [-0.1, -0.05) is 18.2 Å². The third kappa shape index (κ3) is 3.94. The number of hydrogen-bond donors (Lipinski definition) is 1. The number of thiophene rings is 1. The molecule has 1 N–H and O–H groups in total. The van der Waals surface area contributed by atoms with Gasteiger partial charge in [0.2, 0.25) is 0 Å². The number of carbonyl (C=O) groups excluding carboxylic acids is 1. The lowest BCUT2D eigenvalue weighted by molar-refractivity contribution is -0.135. The molecular formula is C15H15N5O3S. The fourth-order valence-corrected chi connectivity index (χ4v) is 2.70. The molecule has 0 aliphatic heterocycles. The van der Waals surface area contributed by atoms with E-state index in [1.165, 1.54) is 16.0 Å². The van der Waals surface area contributed by atoms with E-state index in [1.54, 1.807) is 7.11 Å². The molecule has 0 bridgehead atoms. The number of rotatable bonds is 7. The molecule has 0 atom stereocenters. The minimum atomic E-state index is -0.339. The summed E-state index contributed by atoms with van der Waals surface area (Å²) in [7, 11) is 1.61. The van der Waals surface area contributed by atoms with Crippen LogP contribution in [0.1, 0.15) is 5.56 Å². The number of hydroxylamine groups is 1. The number of ether oxygens (including phenoxy) is 1. The Hall–Kier alpha value is -2.78. The molecule has 0 aliphatic rings. The van der Waals surface area contributed by atoms with E-state index in [1.807, 2.05) is 41.8 Å². The summed E-state index contributed by atoms with van der Waals surface area (Å²) in [5.74, 6) is 0.978. The summed E-state index contributed by atoms with van der Waals surface area (Å²) >= 11 is 1.50. The highest BCUT2D eigenvalue weighted by molar-refractivity contribution is 7.13. The molecule has 0 unspecified atom stereocenters. The van der Waals surface area contributed by atoms with E-state index in [0.29, 0.717) is 5.82 Å². The van der Waals surface area contributed by atoms with Crippen LogP contribution in [-0.2, 0) is 22.8 Å². The first-order chi connectivity index (χ1) is 11.8. The lowest BCUT2D eigenvalue weighted by atomic mass is 10.2. The molecule has 2 heterocycles. The molecule has 9 heteroatoms. The van der Waals surface area contributed by atoms with Crippen molar-refractivity contribution in [3.63, 3.8) is 0 Å². The number of carbonyl (C=O) groups is 1. The maximum absolute atomic E-state index is 12.0. The van der Waals surface area contributed by atoms with Crippen LogP contribution in [-0.4, -0.2) is 33.2 Å². The number of methoxy groups -OCH3 is 1. The summed E-state index contributed by atoms with van der Waals surface area (Å²) in [6.45, 7) is 0.228. The Morgan fingerprint density at radius 3 is 2.83 bits per heavy atom. The number of benzene rings is 1. The van der Waals surface area contributed by atoms with Crippen LogP contribution in [0.25, 0.3) is 10.7 Å². The van der Waals surface area contributed by atoms with E-state index in [9.17, 15) is 4.79 Å². The Balaban J connectivity index is 1.50. The number of tetrazole rings is 1. The Bertz CT molecular complexity index is 786. The van der Waals surface area contributed by atoms with E-state index in [2.05, 4.69) is 21.0 Å². The minimum Gasteiger partial charge on any atom is -0.497 e. The van der Waals surface area contributed by atoms with Crippen molar-refractivity contribution in [1.82, 2.24) is 25.7 Å². The maximum Gasteiger partial charge on any atom is 0.265 e. The normalized spacial score (nSPS) is 10.5. The summed E-state index contributed by atoms with van der Waals surface area (Å²) in [6.07, 6.45) is 0. The average Bonchev–Trinajstić information content (AvgIpc) is 3.26. The molecule has 3 aromatic rings. The molecule has 0 spiro atoms. The fraction of sp³-hybridized carbons (Fsp3) is 0.200. The first-order valence-corrected chi connectivity index (χ1v) is 7.98. The molecule has 0 aliphatic carbocycles. The van der Waals surface area contributed by atoms with Crippen LogP contribution in [0.3, 0.4) is 0 Å². The highest BCUT2D eigenvalue weighted by atomic mass is 32.1. The summed E-state index contributed by atoms with van der Waals surface area (Å²) < 4.78 is 6.51. The summed E-state index contributed by atoms with van der Waals surface area (Å²) in [6, 6.07) is 11.2. The van der Waals surface area contributed by atoms with Crippen LogP contribution in [0.4, 0.5) is 0 Å². The number of hydrogen-bond acceptors (Lipinski definition) is 7. The van der Waals surface area contributed by atoms with Crippen LogP contribution < -0.4 is 10.2 Å². The van der Waals surface area contributed by atoms with Crippen molar-refractivity contribution in [3.8, 4) is 16.5 Å². The number of amides is 1. The second-order valence-electron chi connectivity index (χ2n) is 4.80. The molecule has 1 aromatic carbocycles. The SMILES string of the molecule is COc1ccc(CONC(=O)Cn2nnnc2-c2cccs2)cc1. The van der Waals surface area contributed by atoms with E-state index >= 15 is 0 Å². The molecule has 8 nitrogen and oxygen atoms in total. The van der Waals surface area contributed by atoms with Gasteiger partial charge in [-0.05, 0) is 39.6 Å². The van der Waals surface area contributed by atoms with Gasteiger partial charge in [-0.3, -0.25) is 9.63 Å². The zero-order valence-electron chi connectivity index (χ0n) is 12.9. The highest BCUT2D eigenvalue weighted by Crippen LogP contribution is 2.21. The lowest BCUT2D eigenvalue weighted by Crippen LogP contribution is -2.28. The van der Waals surface area contributed by atoms with Gasteiger partial charge >= 0.3 is 0 Å². The summed E-state index contributed by atoms with van der Waals surface area (Å²) in [4.78, 5) is 18.1. The molecule has 24 heavy (non-hydrogen) atoms. The Labute approximate surface area is 142 Å². The van der Waals surface area contributed by atoms with Crippen LogP contribution >= 0.6 is 11.3 Å². The predicted octanol–water partition coefficient (Wildman–Crippen LogP) is 1.66. The first-order valence-electron chi connectivity index (χ1n) is 7.10. The van der Waals surface area contributed by atoms with Gasteiger partial charge in [-0.2, -0.15) is 0 Å². The van der Waals surface area contributed by atoms with Crippen molar-refractivity contribution in [1.29, 1.82) is 0 Å². The molecule has 2 aromatic heterocycles. The molecule has 0 radical (unpaired) electrons. The quantitative estimate of drug-likeness (QED) is 0.655. The third-order valence-corrected chi connectivity index (χ3v) is 4.02. The molecular weight excluding hydrogens is 330 g/mol. The topological polar surface area (TPSA) is 91.2 Å². The summed E-state index contributed by atoms with van der Waals surface area (Å²) in [5, 5.41) is 13.3. The smallest absolute Gasteiger partial charge is 0.265 e. The van der Waals surface area contributed by atoms with Crippen molar-refractivity contribution in [2.45, 2.75) is 13.2 Å². The second-order valence-corrected chi connectivity index (χ2v) is 5.75. The van der Waals surface area contributed by atoms with Crippen molar-refractivity contribution >= 4 is 17.2 Å². The van der Waals surface area contributed by atoms with Crippen molar-refractivity contribution in [2.75, 3.05) is 7.11 Å². The molecule has 3 rings (SSSR count). The van der Waals surface area contributed by atoms with Gasteiger partial charge in [0.15, 0.2) is 5.82 Å². The maximum atomic E-state index is 12.0. The average molecular weight is 345 g/mol. The van der Waals surface area contributed by atoms with Gasteiger partial charge in [0.25, 0.3) is 5.91 Å². The van der Waals surface area contributed by atoms with Gasteiger partial charge in [-0.15, -0.1) is 16.4 Å². The fourth-order valence-electron chi connectivity index (χ4n) is 1.98. The number of nitrogens with one attached hydrogen (secondary N) is 1. The third-order valence-electron chi connectivity index (χ3n) is 3.15. The zero-order chi connectivity index (χ0) is 16.8. The van der Waals surface area contributed by atoms with Crippen LogP contribution in [0.5, 0.6) is 5.75 Å². The van der Waals surface area contributed by atoms with E-state index in [-0.39, 0.29) is 19.1 Å². The molecule has 0 fully saturated rings. The lowest BCUT2D eigenvalue weighted by Gasteiger charge is -2.07. The van der Waals surface area contributed by atoms with E-state index in [4.69, 9.17) is 9.57 Å². The number of aromatic nitrogens is 4. The molecule has 1 amide bonds.